The van der Waals surface area contributed by atoms with Crippen molar-refractivity contribution in [1.82, 2.24) is 0 Å². The molecule has 0 aliphatic carbocycles. The molecule has 0 fully saturated rings. The number of rotatable bonds is 9. The van der Waals surface area contributed by atoms with E-state index in [0.717, 1.165) is 36.4 Å². The molecule has 0 aromatic heterocycles. The van der Waals surface area contributed by atoms with Crippen LogP contribution in [0.3, 0.4) is 0 Å². The van der Waals surface area contributed by atoms with E-state index in [9.17, 15) is 62.1 Å². The first-order valence-corrected chi connectivity index (χ1v) is 20.6. The van der Waals surface area contributed by atoms with Crippen LogP contribution < -0.4 is 130 Å². The van der Waals surface area contributed by atoms with Gasteiger partial charge in [0.15, 0.2) is 0 Å². The molecule has 0 spiro atoms. The van der Waals surface area contributed by atoms with Gasteiger partial charge in [0.25, 0.3) is 0 Å². The zero-order chi connectivity index (χ0) is 41.1. The maximum absolute atomic E-state index is 12.5. The number of nitrogens with zero attached hydrogens (tertiary/aromatic N) is 4. The molecule has 6 aromatic rings. The molecule has 0 saturated carbocycles. The van der Waals surface area contributed by atoms with Crippen LogP contribution in [0.2, 0.25) is 0 Å². The van der Waals surface area contributed by atoms with Crippen molar-refractivity contribution >= 4 is 96.1 Å². The van der Waals surface area contributed by atoms with Gasteiger partial charge in [-0.3, -0.25) is 0 Å². The van der Waals surface area contributed by atoms with Crippen molar-refractivity contribution in [3.05, 3.63) is 84.9 Å². The Morgan fingerprint density at radius 1 is 0.433 bits per heavy atom. The van der Waals surface area contributed by atoms with Crippen LogP contribution in [0.25, 0.3) is 32.7 Å². The number of hydrogen-bond acceptors (Lipinski definition) is 20. The summed E-state index contributed by atoms with van der Waals surface area (Å²) in [7, 11) is -20.8. The normalized spacial score (nSPS) is 12.1. The van der Waals surface area contributed by atoms with Gasteiger partial charge in [-0.25, -0.2) is 33.7 Å². The first-order valence-electron chi connectivity index (χ1n) is 15.0. The molecule has 0 aliphatic rings. The van der Waals surface area contributed by atoms with E-state index < -0.39 is 82.7 Å². The molecule has 0 saturated heterocycles. The van der Waals surface area contributed by atoms with Crippen LogP contribution in [-0.4, -0.2) is 62.1 Å². The zero-order valence-electron chi connectivity index (χ0n) is 31.5. The number of phenols is 2. The van der Waals surface area contributed by atoms with Crippen LogP contribution in [0, 0.1) is 0 Å². The molecule has 6 aromatic carbocycles. The fourth-order valence-corrected chi connectivity index (χ4v) is 8.03. The standard InChI is InChI=1S/C32H24N6O14S4.4Na/c33-23-7-1-15-9-19(53(41,42)43)13-25(39)29(15)31(23)37-35-17-3-5-21(27(11-17)55(47,48)49)22-6-4-18(12-28(22)56(50,51)52)36-38-32-24(34)8-2-16-10-20(54(44,45)46)14-26(40)30(16)32;;;;/h1-14,39-40H,33-34H2,(H,41,42,43)(H,44,45,46)(H,47,48,49)(H,50,51,52);;;;/q;4*+1/p-4. The molecule has 0 heterocycles. The summed E-state index contributed by atoms with van der Waals surface area (Å²) in [6.07, 6.45) is 0. The summed E-state index contributed by atoms with van der Waals surface area (Å²) >= 11 is 0. The maximum Gasteiger partial charge on any atom is 1.00 e. The molecule has 6 N–H and O–H groups in total. The Labute approximate surface area is 429 Å². The largest absolute Gasteiger partial charge is 1.00 e. The van der Waals surface area contributed by atoms with Gasteiger partial charge in [0.1, 0.15) is 63.3 Å². The summed E-state index contributed by atoms with van der Waals surface area (Å²) in [5, 5.41) is 36.4. The topological polar surface area (TPSA) is 371 Å². The Bertz CT molecular complexity index is 3000. The molecule has 0 atom stereocenters. The van der Waals surface area contributed by atoms with Gasteiger partial charge in [-0.2, -0.15) is 10.2 Å². The number of aromatic hydroxyl groups is 2. The van der Waals surface area contributed by atoms with Crippen LogP contribution in [0.1, 0.15) is 0 Å². The number of azo groups is 2. The fraction of sp³-hybridized carbons (Fsp3) is 0. The van der Waals surface area contributed by atoms with E-state index in [0.29, 0.717) is 24.3 Å². The van der Waals surface area contributed by atoms with Crippen LogP contribution in [0.15, 0.2) is 125 Å². The van der Waals surface area contributed by atoms with Crippen LogP contribution in [-0.2, 0) is 40.5 Å². The zero-order valence-corrected chi connectivity index (χ0v) is 42.7. The number of fused-ring (bicyclic) bond motifs is 2. The number of hydrogen-bond donors (Lipinski definition) is 4. The second-order valence-electron chi connectivity index (χ2n) is 11.7. The fourth-order valence-electron chi connectivity index (χ4n) is 5.55. The van der Waals surface area contributed by atoms with Crippen LogP contribution >= 0.6 is 0 Å². The predicted molar refractivity (Wildman–Crippen MR) is 192 cm³/mol. The van der Waals surface area contributed by atoms with Crippen molar-refractivity contribution < 1.29 is 180 Å². The molecule has 28 heteroatoms. The van der Waals surface area contributed by atoms with Gasteiger partial charge in [0.2, 0.25) is 0 Å². The summed E-state index contributed by atoms with van der Waals surface area (Å²) in [5.41, 5.74) is 9.51. The van der Waals surface area contributed by atoms with Gasteiger partial charge in [-0.1, -0.05) is 24.3 Å². The van der Waals surface area contributed by atoms with E-state index in [-0.39, 0.29) is 174 Å². The molecule has 0 unspecified atom stereocenters. The molecule has 6 rings (SSSR count). The second kappa shape index (κ2) is 20.2. The van der Waals surface area contributed by atoms with Gasteiger partial charge < -0.3 is 39.9 Å². The van der Waals surface area contributed by atoms with E-state index in [1.54, 1.807) is 0 Å². The van der Waals surface area contributed by atoms with Crippen molar-refractivity contribution in [2.75, 3.05) is 11.5 Å². The summed E-state index contributed by atoms with van der Waals surface area (Å²) in [4.78, 5) is -3.60. The summed E-state index contributed by atoms with van der Waals surface area (Å²) in [5.74, 6) is -1.42. The summed E-state index contributed by atoms with van der Waals surface area (Å²) < 4.78 is 144. The smallest absolute Gasteiger partial charge is 0.744 e. The molecule has 0 aliphatic heterocycles. The molecule has 0 amide bonds. The molecular weight excluding hydrogens is 913 g/mol. The van der Waals surface area contributed by atoms with Crippen LogP contribution in [0.4, 0.5) is 34.1 Å². The Kier molecular flexibility index (Phi) is 18.1. The van der Waals surface area contributed by atoms with E-state index >= 15 is 0 Å². The third-order valence-electron chi connectivity index (χ3n) is 8.02. The quantitative estimate of drug-likeness (QED) is 0.0453. The molecule has 290 valence electrons. The van der Waals surface area contributed by atoms with Gasteiger partial charge in [0.05, 0.1) is 53.1 Å². The molecule has 0 radical (unpaired) electrons. The first kappa shape index (κ1) is 54.0. The average molecular weight is 933 g/mol. The number of phenolic OH excluding ortho intramolecular Hbond substituents is 2. The Hall–Kier alpha value is -2.12. The molecule has 60 heavy (non-hydrogen) atoms. The number of nitrogen functional groups attached to an aromatic ring is 2. The van der Waals surface area contributed by atoms with E-state index in [2.05, 4.69) is 20.5 Å². The minimum atomic E-state index is -5.45. The van der Waals surface area contributed by atoms with E-state index in [4.69, 9.17) is 11.5 Å². The predicted octanol–water partition coefficient (Wildman–Crippen LogP) is -7.30. The second-order valence-corrected chi connectivity index (χ2v) is 17.1. The van der Waals surface area contributed by atoms with Crippen LogP contribution in [0.5, 0.6) is 11.5 Å². The summed E-state index contributed by atoms with van der Waals surface area (Å²) in [6, 6.07) is 13.8. The van der Waals surface area contributed by atoms with Crippen molar-refractivity contribution in [1.29, 1.82) is 0 Å². The Morgan fingerprint density at radius 2 is 0.767 bits per heavy atom. The minimum Gasteiger partial charge on any atom is -0.744 e. The van der Waals surface area contributed by atoms with Gasteiger partial charge in [0, 0.05) is 11.1 Å². The Morgan fingerprint density at radius 3 is 1.07 bits per heavy atom. The third-order valence-corrected chi connectivity index (χ3v) is 11.4. The number of anilines is 2. The number of nitrogens with two attached hydrogens (primary N) is 2. The van der Waals surface area contributed by atoms with Gasteiger partial charge in [-0.15, -0.1) is 10.2 Å². The van der Waals surface area contributed by atoms with Gasteiger partial charge in [-0.05, 0) is 71.4 Å². The first-order chi connectivity index (χ1) is 25.9. The summed E-state index contributed by atoms with van der Waals surface area (Å²) in [6.45, 7) is 0. The van der Waals surface area contributed by atoms with Crippen molar-refractivity contribution in [3.63, 3.8) is 0 Å². The van der Waals surface area contributed by atoms with Gasteiger partial charge >= 0.3 is 118 Å². The van der Waals surface area contributed by atoms with Crippen molar-refractivity contribution in [2.45, 2.75) is 19.6 Å². The average Bonchev–Trinajstić information content (AvgIpc) is 3.09. The van der Waals surface area contributed by atoms with Crippen molar-refractivity contribution in [2.24, 2.45) is 20.5 Å². The maximum atomic E-state index is 12.5. The monoisotopic (exact) mass is 932 g/mol. The van der Waals surface area contributed by atoms with E-state index in [1.807, 2.05) is 0 Å². The molecule has 0 bridgehead atoms. The minimum absolute atomic E-state index is 0. The van der Waals surface area contributed by atoms with E-state index in [1.165, 1.54) is 24.3 Å². The SMILES string of the molecule is Nc1ccc2cc(S(=O)(=O)[O-])cc(O)c2c1N=Nc1ccc(-c2ccc(N=Nc3c(N)ccc4cc(S(=O)(=O)[O-])cc(O)c34)cc2S(=O)(=O)[O-])c(S(=O)(=O)[O-])c1.[Na+].[Na+].[Na+].[Na+]. The molecule has 20 nitrogen and oxygen atoms in total. The Balaban J connectivity index is 0.00000310. The molecular formula is C32H20N6Na4O14S4. The third kappa shape index (κ3) is 11.7. The van der Waals surface area contributed by atoms with Crippen molar-refractivity contribution in [3.8, 4) is 22.6 Å². The number of benzene rings is 6.